The van der Waals surface area contributed by atoms with E-state index in [1.165, 1.54) is 7.07 Å². The van der Waals surface area contributed by atoms with Crippen LogP contribution in [0, 0.1) is 95.3 Å². The standard InChI is InChI=1S/C17H4BN/c1-3-5-7-9-11-13-15-17-19-18-16-14-12-10-8-6-4-2/h2H,1H3. The predicted octanol–water partition coefficient (Wildman–Crippen LogP) is 0.466. The molecular weight excluding hydrogens is 229 g/mol. The van der Waals surface area contributed by atoms with Gasteiger partial charge < -0.3 is 0 Å². The Morgan fingerprint density at radius 2 is 1.32 bits per heavy atom. The average molecular weight is 233 g/mol. The molecule has 0 atom stereocenters. The van der Waals surface area contributed by atoms with E-state index in [9.17, 15) is 0 Å². The Kier molecular flexibility index (Phi) is 11.6. The molecule has 1 nitrogen and oxygen atoms in total. The molecule has 80 valence electrons. The van der Waals surface area contributed by atoms with E-state index in [4.69, 9.17) is 6.42 Å². The molecule has 0 rings (SSSR count). The normalized spacial score (nSPS) is 4.63. The Morgan fingerprint density at radius 1 is 0.737 bits per heavy atom. The van der Waals surface area contributed by atoms with Crippen LogP contribution in [-0.2, 0) is 0 Å². The molecule has 0 saturated heterocycles. The molecule has 0 unspecified atom stereocenters. The van der Waals surface area contributed by atoms with Crippen molar-refractivity contribution in [1.29, 1.82) is 0 Å². The van der Waals surface area contributed by atoms with Crippen LogP contribution < -0.4 is 0 Å². The summed E-state index contributed by atoms with van der Waals surface area (Å²) in [7, 11) is 1.31. The van der Waals surface area contributed by atoms with Gasteiger partial charge in [-0.05, 0) is 0 Å². The Labute approximate surface area is 114 Å². The zero-order valence-electron chi connectivity index (χ0n) is 10.1. The van der Waals surface area contributed by atoms with Gasteiger partial charge >= 0.3 is 114 Å². The first kappa shape index (κ1) is 15.3. The van der Waals surface area contributed by atoms with Crippen molar-refractivity contribution < 1.29 is 0 Å². The summed E-state index contributed by atoms with van der Waals surface area (Å²) in [4.78, 5) is 3.66. The maximum absolute atomic E-state index is 4.89. The number of hydrogen-bond donors (Lipinski definition) is 0. The fourth-order valence-corrected chi connectivity index (χ4v) is 0.510. The minimum absolute atomic E-state index is 1.31. The molecule has 0 amide bonds. The van der Waals surface area contributed by atoms with Gasteiger partial charge in [-0.3, -0.25) is 0 Å². The van der Waals surface area contributed by atoms with Crippen LogP contribution in [0.4, 0.5) is 0 Å². The summed E-state index contributed by atoms with van der Waals surface area (Å²) >= 11 is 0. The van der Waals surface area contributed by atoms with Crippen molar-refractivity contribution in [3.8, 4) is 95.3 Å². The van der Waals surface area contributed by atoms with Crippen molar-refractivity contribution in [3.05, 3.63) is 0 Å². The molecule has 2 heteroatoms. The third kappa shape index (κ3) is 14.3. The van der Waals surface area contributed by atoms with E-state index in [1.807, 2.05) is 0 Å². The Morgan fingerprint density at radius 3 is 2.00 bits per heavy atom. The van der Waals surface area contributed by atoms with E-state index >= 15 is 0 Å². The fraction of sp³-hybridized carbons (Fsp3) is 0.0588. The second-order valence-corrected chi connectivity index (χ2v) is 2.28. The minimum atomic E-state index is 1.31. The number of rotatable bonds is 0. The van der Waals surface area contributed by atoms with Gasteiger partial charge in [-0.1, -0.05) is 0 Å². The zero-order chi connectivity index (χ0) is 14.0. The maximum atomic E-state index is 4.89. The first-order chi connectivity index (χ1) is 9.41. The molecule has 0 aliphatic carbocycles. The molecule has 0 aromatic rings. The van der Waals surface area contributed by atoms with Gasteiger partial charge in [0, 0.05) is 0 Å². The van der Waals surface area contributed by atoms with Gasteiger partial charge in [-0.25, -0.2) is 0 Å². The molecule has 0 saturated carbocycles. The van der Waals surface area contributed by atoms with Gasteiger partial charge in [0.25, 0.3) is 0 Å². The van der Waals surface area contributed by atoms with E-state index in [-0.39, 0.29) is 0 Å². The average Bonchev–Trinajstić information content (AvgIpc) is 2.43. The second kappa shape index (κ2) is 14.3. The molecule has 0 aromatic heterocycles. The summed E-state index contributed by atoms with van der Waals surface area (Å²) in [6, 6.07) is 2.42. The molecular formula is C17H4BN. The predicted molar refractivity (Wildman–Crippen MR) is 77.1 cm³/mol. The molecule has 0 aliphatic rings. The summed E-state index contributed by atoms with van der Waals surface area (Å²) in [5, 5.41) is 0. The number of nitrogens with zero attached hydrogens (tertiary/aromatic N) is 1. The van der Waals surface area contributed by atoms with Crippen molar-refractivity contribution in [2.75, 3.05) is 0 Å². The molecule has 0 heterocycles. The van der Waals surface area contributed by atoms with E-state index in [1.54, 1.807) is 6.92 Å². The Bertz CT molecular complexity index is 817. The van der Waals surface area contributed by atoms with E-state index < -0.39 is 0 Å². The summed E-state index contributed by atoms with van der Waals surface area (Å²) in [5.74, 6) is 34.5. The zero-order valence-corrected chi connectivity index (χ0v) is 10.1. The van der Waals surface area contributed by atoms with Crippen LogP contribution >= 0.6 is 0 Å². The summed E-state index contributed by atoms with van der Waals surface area (Å²) in [6.07, 6.45) is 4.89. The van der Waals surface area contributed by atoms with Crippen LogP contribution in [0.5, 0.6) is 0 Å². The molecule has 0 N–H and O–H groups in total. The van der Waals surface area contributed by atoms with Crippen LogP contribution in [0.3, 0.4) is 0 Å². The third-order valence-corrected chi connectivity index (χ3v) is 1.08. The molecule has 0 bridgehead atoms. The summed E-state index contributed by atoms with van der Waals surface area (Å²) < 4.78 is 0. The van der Waals surface area contributed by atoms with Gasteiger partial charge in [0.15, 0.2) is 0 Å². The van der Waals surface area contributed by atoms with Crippen molar-refractivity contribution in [3.63, 3.8) is 0 Å². The van der Waals surface area contributed by atoms with Crippen LogP contribution in [0.25, 0.3) is 0 Å². The second-order valence-electron chi connectivity index (χ2n) is 2.28. The Balaban J connectivity index is 4.22. The SMILES string of the molecule is C#CC#CC#CC#CB=NC#CC#CC#CC#CC. The van der Waals surface area contributed by atoms with Gasteiger partial charge in [0.1, 0.15) is 0 Å². The number of terminal acetylenes is 1. The van der Waals surface area contributed by atoms with E-state index in [0.717, 1.165) is 0 Å². The summed E-state index contributed by atoms with van der Waals surface area (Å²) in [6.45, 7) is 1.70. The van der Waals surface area contributed by atoms with Gasteiger partial charge in [-0.2, -0.15) is 0 Å². The van der Waals surface area contributed by atoms with Crippen molar-refractivity contribution >= 4 is 7.07 Å². The van der Waals surface area contributed by atoms with Crippen molar-refractivity contribution in [2.24, 2.45) is 4.90 Å². The Hall–Kier alpha value is -3.66. The molecule has 19 heavy (non-hydrogen) atoms. The first-order valence-electron chi connectivity index (χ1n) is 4.81. The van der Waals surface area contributed by atoms with Crippen LogP contribution in [0.2, 0.25) is 0 Å². The van der Waals surface area contributed by atoms with Crippen molar-refractivity contribution in [2.45, 2.75) is 6.92 Å². The van der Waals surface area contributed by atoms with Gasteiger partial charge in [-0.15, -0.1) is 0 Å². The monoisotopic (exact) mass is 233 g/mol. The molecule has 0 radical (unpaired) electrons. The van der Waals surface area contributed by atoms with Crippen LogP contribution in [-0.4, -0.2) is 7.07 Å². The molecule has 0 aromatic carbocycles. The number of hydrogen-bond acceptors (Lipinski definition) is 1. The fourth-order valence-electron chi connectivity index (χ4n) is 0.510. The quantitative estimate of drug-likeness (QED) is 0.426. The van der Waals surface area contributed by atoms with Crippen LogP contribution in [0.1, 0.15) is 6.92 Å². The van der Waals surface area contributed by atoms with Gasteiger partial charge in [0.2, 0.25) is 0 Å². The van der Waals surface area contributed by atoms with E-state index in [0.29, 0.717) is 0 Å². The molecule has 0 fully saturated rings. The van der Waals surface area contributed by atoms with Crippen LogP contribution in [0.15, 0.2) is 4.90 Å². The van der Waals surface area contributed by atoms with Gasteiger partial charge in [0.05, 0.1) is 0 Å². The summed E-state index contributed by atoms with van der Waals surface area (Å²) in [5.41, 5.74) is 0. The van der Waals surface area contributed by atoms with Crippen molar-refractivity contribution in [1.82, 2.24) is 0 Å². The molecule has 0 spiro atoms. The first-order valence-corrected chi connectivity index (χ1v) is 4.81. The third-order valence-electron chi connectivity index (χ3n) is 1.08. The topological polar surface area (TPSA) is 12.4 Å². The van der Waals surface area contributed by atoms with E-state index in [2.05, 4.69) is 93.7 Å². The molecule has 0 aliphatic heterocycles.